The Hall–Kier alpha value is -2.37. The van der Waals surface area contributed by atoms with Gasteiger partial charge in [-0.05, 0) is 18.2 Å². The monoisotopic (exact) mass is 223 g/mol. The molecule has 0 aliphatic carbocycles. The molecule has 84 valence electrons. The molecule has 1 rings (SSSR count). The second kappa shape index (κ2) is 4.92. The van der Waals surface area contributed by atoms with E-state index in [2.05, 4.69) is 17.2 Å². The number of benzene rings is 1. The van der Waals surface area contributed by atoms with E-state index in [4.69, 9.17) is 5.73 Å². The van der Waals surface area contributed by atoms with Crippen molar-refractivity contribution in [3.8, 4) is 0 Å². The van der Waals surface area contributed by atoms with Gasteiger partial charge in [-0.2, -0.15) is 0 Å². The number of urea groups is 1. The summed E-state index contributed by atoms with van der Waals surface area (Å²) < 4.78 is 12.4. The first kappa shape index (κ1) is 11.7. The van der Waals surface area contributed by atoms with Crippen molar-refractivity contribution in [3.63, 3.8) is 0 Å². The first-order valence-corrected chi connectivity index (χ1v) is 4.31. The highest BCUT2D eigenvalue weighted by atomic mass is 19.1. The van der Waals surface area contributed by atoms with E-state index in [0.717, 1.165) is 0 Å². The zero-order valence-electron chi connectivity index (χ0n) is 8.29. The first-order valence-electron chi connectivity index (χ1n) is 4.31. The topological polar surface area (TPSA) is 84.2 Å². The Morgan fingerprint density at radius 1 is 1.25 bits per heavy atom. The Bertz CT molecular complexity index is 445. The molecule has 0 aliphatic heterocycles. The molecule has 0 saturated heterocycles. The molecule has 5 nitrogen and oxygen atoms in total. The molecular weight excluding hydrogens is 213 g/mol. The predicted molar refractivity (Wildman–Crippen MR) is 58.5 cm³/mol. The maximum atomic E-state index is 12.4. The van der Waals surface area contributed by atoms with Crippen LogP contribution in [0, 0.1) is 0 Å². The van der Waals surface area contributed by atoms with Crippen molar-refractivity contribution in [2.24, 2.45) is 5.73 Å². The Morgan fingerprint density at radius 2 is 1.81 bits per heavy atom. The third kappa shape index (κ3) is 3.41. The first-order chi connectivity index (χ1) is 7.49. The molecular formula is C10H10FN3O2. The number of amides is 3. The van der Waals surface area contributed by atoms with Gasteiger partial charge >= 0.3 is 6.03 Å². The van der Waals surface area contributed by atoms with Gasteiger partial charge in [0.2, 0.25) is 0 Å². The summed E-state index contributed by atoms with van der Waals surface area (Å²) in [5.41, 5.74) is 5.64. The van der Waals surface area contributed by atoms with E-state index >= 15 is 0 Å². The number of nitrogens with two attached hydrogens (primary N) is 1. The molecule has 6 heteroatoms. The molecule has 0 fully saturated rings. The van der Waals surface area contributed by atoms with Crippen LogP contribution in [0.5, 0.6) is 0 Å². The normalized spacial score (nSPS) is 9.31. The smallest absolute Gasteiger partial charge is 0.316 e. The maximum absolute atomic E-state index is 12.4. The number of halogens is 1. The molecule has 0 radical (unpaired) electrons. The molecule has 0 aromatic heterocycles. The van der Waals surface area contributed by atoms with Gasteiger partial charge in [0, 0.05) is 11.4 Å². The molecule has 16 heavy (non-hydrogen) atoms. The second-order valence-corrected chi connectivity index (χ2v) is 2.93. The molecule has 0 unspecified atom stereocenters. The predicted octanol–water partition coefficient (Wildman–Crippen LogP) is 1.60. The molecule has 0 atom stereocenters. The minimum atomic E-state index is -1.09. The fourth-order valence-corrected chi connectivity index (χ4v) is 1.02. The van der Waals surface area contributed by atoms with Crippen LogP contribution in [0.25, 0.3) is 0 Å². The SMILES string of the molecule is C=C(F)C(=O)Nc1cccc(NC(N)=O)c1. The van der Waals surface area contributed by atoms with Crippen molar-refractivity contribution in [3.05, 3.63) is 36.7 Å². The molecule has 0 aliphatic rings. The zero-order valence-corrected chi connectivity index (χ0v) is 8.29. The summed E-state index contributed by atoms with van der Waals surface area (Å²) in [5, 5.41) is 4.57. The Morgan fingerprint density at radius 3 is 2.31 bits per heavy atom. The highest BCUT2D eigenvalue weighted by Crippen LogP contribution is 2.15. The lowest BCUT2D eigenvalue weighted by atomic mass is 10.2. The Labute approximate surface area is 91.1 Å². The lowest BCUT2D eigenvalue weighted by Gasteiger charge is -2.06. The van der Waals surface area contributed by atoms with Crippen molar-refractivity contribution < 1.29 is 14.0 Å². The van der Waals surface area contributed by atoms with Crippen LogP contribution in [0.4, 0.5) is 20.6 Å². The fourth-order valence-electron chi connectivity index (χ4n) is 1.02. The third-order valence-electron chi connectivity index (χ3n) is 1.63. The minimum absolute atomic E-state index is 0.329. The van der Waals surface area contributed by atoms with Gasteiger partial charge in [0.1, 0.15) is 0 Å². The molecule has 0 saturated carbocycles. The van der Waals surface area contributed by atoms with Crippen molar-refractivity contribution >= 4 is 23.3 Å². The summed E-state index contributed by atoms with van der Waals surface area (Å²) in [7, 11) is 0. The van der Waals surface area contributed by atoms with E-state index < -0.39 is 17.8 Å². The zero-order chi connectivity index (χ0) is 12.1. The van der Waals surface area contributed by atoms with Crippen LogP contribution < -0.4 is 16.4 Å². The van der Waals surface area contributed by atoms with E-state index in [1.807, 2.05) is 0 Å². The van der Waals surface area contributed by atoms with Gasteiger partial charge in [-0.1, -0.05) is 12.6 Å². The van der Waals surface area contributed by atoms with Crippen LogP contribution in [0.1, 0.15) is 0 Å². The molecule has 0 bridgehead atoms. The van der Waals surface area contributed by atoms with Crippen LogP contribution in [0.2, 0.25) is 0 Å². The lowest BCUT2D eigenvalue weighted by Crippen LogP contribution is -2.19. The van der Waals surface area contributed by atoms with Gasteiger partial charge < -0.3 is 16.4 Å². The molecule has 1 aromatic rings. The average Bonchev–Trinajstić information content (AvgIpc) is 2.16. The van der Waals surface area contributed by atoms with Crippen LogP contribution in [0.3, 0.4) is 0 Å². The standard InChI is InChI=1S/C10H10FN3O2/c1-6(11)9(15)13-7-3-2-4-8(5-7)14-10(12)16/h2-5H,1H2,(H,13,15)(H3,12,14,16). The fraction of sp³-hybridized carbons (Fsp3) is 0. The summed E-state index contributed by atoms with van der Waals surface area (Å²) in [5.74, 6) is -2.02. The number of carbonyl (C=O) groups excluding carboxylic acids is 2. The molecule has 1 aromatic carbocycles. The van der Waals surface area contributed by atoms with E-state index in [9.17, 15) is 14.0 Å². The summed E-state index contributed by atoms with van der Waals surface area (Å²) in [6, 6.07) is 5.39. The van der Waals surface area contributed by atoms with Gasteiger partial charge in [0.25, 0.3) is 5.91 Å². The van der Waals surface area contributed by atoms with Crippen LogP contribution in [-0.2, 0) is 4.79 Å². The van der Waals surface area contributed by atoms with Crippen molar-refractivity contribution in [2.45, 2.75) is 0 Å². The lowest BCUT2D eigenvalue weighted by molar-refractivity contribution is -0.114. The number of hydrogen-bond acceptors (Lipinski definition) is 2. The summed E-state index contributed by atoms with van der Waals surface area (Å²) in [6.07, 6.45) is 0. The van der Waals surface area contributed by atoms with Crippen LogP contribution in [-0.4, -0.2) is 11.9 Å². The summed E-state index contributed by atoms with van der Waals surface area (Å²) >= 11 is 0. The molecule has 0 spiro atoms. The van der Waals surface area contributed by atoms with Crippen LogP contribution >= 0.6 is 0 Å². The van der Waals surface area contributed by atoms with Crippen LogP contribution in [0.15, 0.2) is 36.7 Å². The summed E-state index contributed by atoms with van der Waals surface area (Å²) in [6.45, 7) is 2.85. The van der Waals surface area contributed by atoms with Gasteiger partial charge in [0.05, 0.1) is 0 Å². The second-order valence-electron chi connectivity index (χ2n) is 2.93. The Balaban J connectivity index is 2.78. The highest BCUT2D eigenvalue weighted by molar-refractivity contribution is 6.02. The number of rotatable bonds is 3. The Kier molecular flexibility index (Phi) is 3.60. The molecule has 3 amide bonds. The number of carbonyl (C=O) groups is 2. The van der Waals surface area contributed by atoms with Gasteiger partial charge in [0.15, 0.2) is 5.83 Å². The largest absolute Gasteiger partial charge is 0.351 e. The summed E-state index contributed by atoms with van der Waals surface area (Å²) in [4.78, 5) is 21.5. The number of nitrogens with one attached hydrogen (secondary N) is 2. The number of primary amides is 1. The quantitative estimate of drug-likeness (QED) is 0.680. The van der Waals surface area contributed by atoms with E-state index in [1.165, 1.54) is 12.1 Å². The van der Waals surface area contributed by atoms with Crippen molar-refractivity contribution in [1.29, 1.82) is 0 Å². The van der Waals surface area contributed by atoms with Crippen molar-refractivity contribution in [2.75, 3.05) is 10.6 Å². The van der Waals surface area contributed by atoms with Crippen molar-refractivity contribution in [1.82, 2.24) is 0 Å². The minimum Gasteiger partial charge on any atom is -0.351 e. The number of anilines is 2. The van der Waals surface area contributed by atoms with E-state index in [-0.39, 0.29) is 0 Å². The molecule has 4 N–H and O–H groups in total. The molecule has 0 heterocycles. The third-order valence-corrected chi connectivity index (χ3v) is 1.63. The van der Waals surface area contributed by atoms with E-state index in [0.29, 0.717) is 11.4 Å². The van der Waals surface area contributed by atoms with E-state index in [1.54, 1.807) is 12.1 Å². The average molecular weight is 223 g/mol. The van der Waals surface area contributed by atoms with Gasteiger partial charge in [-0.15, -0.1) is 0 Å². The number of hydrogen-bond donors (Lipinski definition) is 3. The highest BCUT2D eigenvalue weighted by Gasteiger charge is 2.06. The van der Waals surface area contributed by atoms with Gasteiger partial charge in [-0.3, -0.25) is 4.79 Å². The van der Waals surface area contributed by atoms with Gasteiger partial charge in [-0.25, -0.2) is 9.18 Å². The maximum Gasteiger partial charge on any atom is 0.316 e.